The van der Waals surface area contributed by atoms with Crippen LogP contribution in [0.1, 0.15) is 17.5 Å². The van der Waals surface area contributed by atoms with Gasteiger partial charge in [-0.05, 0) is 35.9 Å². The Labute approximate surface area is 188 Å². The van der Waals surface area contributed by atoms with Gasteiger partial charge in [0.25, 0.3) is 16.8 Å². The van der Waals surface area contributed by atoms with E-state index in [1.54, 1.807) is 25.3 Å². The summed E-state index contributed by atoms with van der Waals surface area (Å²) in [5, 5.41) is 11.8. The van der Waals surface area contributed by atoms with Crippen LogP contribution in [-0.2, 0) is 16.1 Å². The van der Waals surface area contributed by atoms with Crippen molar-refractivity contribution in [3.63, 3.8) is 0 Å². The SMILES string of the molecule is COCCCN1C(=O)S/C(=C/c2cn(Cc3cccc([N+](=O)[O-])c3)c3ccccc23)C1=O. The summed E-state index contributed by atoms with van der Waals surface area (Å²) in [7, 11) is 1.58. The third-order valence-corrected chi connectivity index (χ3v) is 6.09. The van der Waals surface area contributed by atoms with Crippen molar-refractivity contribution < 1.29 is 19.2 Å². The van der Waals surface area contributed by atoms with E-state index in [0.29, 0.717) is 31.0 Å². The van der Waals surface area contributed by atoms with Crippen molar-refractivity contribution in [1.82, 2.24) is 9.47 Å². The number of hydrogen-bond acceptors (Lipinski definition) is 6. The Bertz CT molecular complexity index is 1230. The standard InChI is InChI=1S/C23H21N3O5S/c1-31-11-5-10-25-22(27)21(32-23(25)28)13-17-15-24(20-9-3-2-8-19(17)20)14-16-6-4-7-18(12-16)26(29)30/h2-4,6-9,12-13,15H,5,10-11,14H2,1H3/b21-13+. The second kappa shape index (κ2) is 9.37. The minimum absolute atomic E-state index is 0.0429. The van der Waals surface area contributed by atoms with Crippen LogP contribution in [0.15, 0.2) is 59.6 Å². The van der Waals surface area contributed by atoms with Crippen molar-refractivity contribution in [3.05, 3.63) is 80.9 Å². The number of imide groups is 1. The van der Waals surface area contributed by atoms with Crippen LogP contribution in [0, 0.1) is 10.1 Å². The Balaban J connectivity index is 1.65. The van der Waals surface area contributed by atoms with Gasteiger partial charge in [-0.3, -0.25) is 24.6 Å². The normalized spacial score (nSPS) is 15.3. The molecule has 4 rings (SSSR count). The van der Waals surface area contributed by atoms with Gasteiger partial charge in [-0.2, -0.15) is 0 Å². The third kappa shape index (κ3) is 4.44. The van der Waals surface area contributed by atoms with Gasteiger partial charge in [0.1, 0.15) is 0 Å². The predicted octanol–water partition coefficient (Wildman–Crippen LogP) is 4.67. The summed E-state index contributed by atoms with van der Waals surface area (Å²) in [6, 6.07) is 14.3. The van der Waals surface area contributed by atoms with E-state index in [2.05, 4.69) is 0 Å². The lowest BCUT2D eigenvalue weighted by atomic mass is 10.1. The quantitative estimate of drug-likeness (QED) is 0.214. The van der Waals surface area contributed by atoms with Gasteiger partial charge >= 0.3 is 0 Å². The van der Waals surface area contributed by atoms with Crippen molar-refractivity contribution in [1.29, 1.82) is 0 Å². The molecule has 9 heteroatoms. The highest BCUT2D eigenvalue weighted by molar-refractivity contribution is 8.18. The second-order valence-corrected chi connectivity index (χ2v) is 8.33. The molecular formula is C23H21N3O5S. The Morgan fingerprint density at radius 3 is 2.75 bits per heavy atom. The Morgan fingerprint density at radius 2 is 1.97 bits per heavy atom. The Morgan fingerprint density at radius 1 is 1.16 bits per heavy atom. The Hall–Kier alpha value is -3.43. The van der Waals surface area contributed by atoms with Crippen LogP contribution in [0.25, 0.3) is 17.0 Å². The van der Waals surface area contributed by atoms with E-state index in [-0.39, 0.29) is 16.8 Å². The van der Waals surface area contributed by atoms with E-state index in [1.165, 1.54) is 11.0 Å². The number of carbonyl (C=O) groups excluding carboxylic acids is 2. The zero-order valence-electron chi connectivity index (χ0n) is 17.4. The van der Waals surface area contributed by atoms with Gasteiger partial charge in [-0.1, -0.05) is 30.3 Å². The van der Waals surface area contributed by atoms with Gasteiger partial charge in [0.2, 0.25) is 0 Å². The van der Waals surface area contributed by atoms with E-state index >= 15 is 0 Å². The molecule has 1 aliphatic rings. The lowest BCUT2D eigenvalue weighted by molar-refractivity contribution is -0.384. The molecule has 0 N–H and O–H groups in total. The van der Waals surface area contributed by atoms with Gasteiger partial charge in [0.15, 0.2) is 0 Å². The molecule has 32 heavy (non-hydrogen) atoms. The molecule has 2 amide bonds. The van der Waals surface area contributed by atoms with Crippen LogP contribution < -0.4 is 0 Å². The zero-order valence-corrected chi connectivity index (χ0v) is 18.2. The van der Waals surface area contributed by atoms with Crippen molar-refractivity contribution in [2.24, 2.45) is 0 Å². The highest BCUT2D eigenvalue weighted by atomic mass is 32.2. The summed E-state index contributed by atoms with van der Waals surface area (Å²) < 4.78 is 6.99. The topological polar surface area (TPSA) is 94.7 Å². The first-order valence-electron chi connectivity index (χ1n) is 10.0. The van der Waals surface area contributed by atoms with E-state index in [0.717, 1.165) is 33.8 Å². The molecule has 0 unspecified atom stereocenters. The number of nitro benzene ring substituents is 1. The number of non-ortho nitro benzene ring substituents is 1. The average molecular weight is 452 g/mol. The molecule has 1 aliphatic heterocycles. The molecule has 0 atom stereocenters. The fraction of sp³-hybridized carbons (Fsp3) is 0.217. The van der Waals surface area contributed by atoms with Crippen molar-refractivity contribution in [3.8, 4) is 0 Å². The van der Waals surface area contributed by atoms with Crippen molar-refractivity contribution >= 4 is 45.6 Å². The lowest BCUT2D eigenvalue weighted by Gasteiger charge is -2.11. The number of para-hydroxylation sites is 1. The number of nitrogens with zero attached hydrogens (tertiary/aromatic N) is 3. The fourth-order valence-corrected chi connectivity index (χ4v) is 4.54. The van der Waals surface area contributed by atoms with Crippen LogP contribution in [-0.4, -0.2) is 45.8 Å². The highest BCUT2D eigenvalue weighted by Gasteiger charge is 2.34. The second-order valence-electron chi connectivity index (χ2n) is 7.34. The van der Waals surface area contributed by atoms with E-state index in [4.69, 9.17) is 4.74 Å². The number of ether oxygens (including phenoxy) is 1. The van der Waals surface area contributed by atoms with Crippen LogP contribution in [0.3, 0.4) is 0 Å². The number of hydrogen-bond donors (Lipinski definition) is 0. The van der Waals surface area contributed by atoms with Crippen molar-refractivity contribution in [2.75, 3.05) is 20.3 Å². The van der Waals surface area contributed by atoms with Crippen LogP contribution in [0.4, 0.5) is 10.5 Å². The van der Waals surface area contributed by atoms with Gasteiger partial charge in [0, 0.05) is 61.6 Å². The lowest BCUT2D eigenvalue weighted by Crippen LogP contribution is -2.29. The van der Waals surface area contributed by atoms with Crippen LogP contribution in [0.2, 0.25) is 0 Å². The number of nitro groups is 1. The van der Waals surface area contributed by atoms with Crippen molar-refractivity contribution in [2.45, 2.75) is 13.0 Å². The molecule has 0 aliphatic carbocycles. The average Bonchev–Trinajstić information content (AvgIpc) is 3.26. The molecule has 2 aromatic carbocycles. The minimum Gasteiger partial charge on any atom is -0.385 e. The molecule has 0 bridgehead atoms. The van der Waals surface area contributed by atoms with E-state index in [9.17, 15) is 19.7 Å². The number of benzene rings is 2. The molecule has 0 saturated carbocycles. The molecule has 0 spiro atoms. The molecule has 0 radical (unpaired) electrons. The fourth-order valence-electron chi connectivity index (χ4n) is 3.69. The molecule has 1 aromatic heterocycles. The monoisotopic (exact) mass is 451 g/mol. The molecule has 3 aromatic rings. The maximum atomic E-state index is 12.8. The van der Waals surface area contributed by atoms with Gasteiger partial charge in [-0.15, -0.1) is 0 Å². The first-order valence-corrected chi connectivity index (χ1v) is 10.8. The highest BCUT2D eigenvalue weighted by Crippen LogP contribution is 2.34. The summed E-state index contributed by atoms with van der Waals surface area (Å²) in [6.07, 6.45) is 4.24. The summed E-state index contributed by atoms with van der Waals surface area (Å²) >= 11 is 0.935. The third-order valence-electron chi connectivity index (χ3n) is 5.18. The number of aromatic nitrogens is 1. The molecular weight excluding hydrogens is 430 g/mol. The molecule has 8 nitrogen and oxygen atoms in total. The number of fused-ring (bicyclic) bond motifs is 1. The first kappa shape index (κ1) is 21.8. The number of methoxy groups -OCH3 is 1. The minimum atomic E-state index is -0.411. The predicted molar refractivity (Wildman–Crippen MR) is 123 cm³/mol. The van der Waals surface area contributed by atoms with Gasteiger partial charge in [0.05, 0.1) is 9.83 Å². The number of thioether (sulfide) groups is 1. The molecule has 1 saturated heterocycles. The maximum Gasteiger partial charge on any atom is 0.293 e. The smallest absolute Gasteiger partial charge is 0.293 e. The summed E-state index contributed by atoms with van der Waals surface area (Å²) in [5.41, 5.74) is 2.59. The molecule has 164 valence electrons. The first-order chi connectivity index (χ1) is 15.5. The van der Waals surface area contributed by atoms with Gasteiger partial charge < -0.3 is 9.30 Å². The zero-order chi connectivity index (χ0) is 22.7. The number of rotatable bonds is 8. The van der Waals surface area contributed by atoms with Crippen LogP contribution in [0.5, 0.6) is 0 Å². The Kier molecular flexibility index (Phi) is 6.38. The maximum absolute atomic E-state index is 12.8. The summed E-state index contributed by atoms with van der Waals surface area (Å²) in [4.78, 5) is 37.4. The number of amides is 2. The van der Waals surface area contributed by atoms with E-state index < -0.39 is 4.92 Å². The van der Waals surface area contributed by atoms with Gasteiger partial charge in [-0.25, -0.2) is 0 Å². The molecule has 2 heterocycles. The largest absolute Gasteiger partial charge is 0.385 e. The van der Waals surface area contributed by atoms with Crippen LogP contribution >= 0.6 is 11.8 Å². The summed E-state index contributed by atoms with van der Waals surface area (Å²) in [6.45, 7) is 1.24. The summed E-state index contributed by atoms with van der Waals surface area (Å²) in [5.74, 6) is -0.299. The number of carbonyl (C=O) groups is 2. The molecule has 1 fully saturated rings. The van der Waals surface area contributed by atoms with E-state index in [1.807, 2.05) is 41.1 Å².